The van der Waals surface area contributed by atoms with E-state index in [2.05, 4.69) is 36.9 Å². The lowest BCUT2D eigenvalue weighted by molar-refractivity contribution is 0.374. The lowest BCUT2D eigenvalue weighted by Gasteiger charge is -2.36. The van der Waals surface area contributed by atoms with Crippen molar-refractivity contribution >= 4 is 38.9 Å². The molecule has 27 heavy (non-hydrogen) atoms. The highest BCUT2D eigenvalue weighted by molar-refractivity contribution is 7.89. The summed E-state index contributed by atoms with van der Waals surface area (Å²) >= 11 is 12.1. The van der Waals surface area contributed by atoms with Crippen LogP contribution in [0, 0.1) is 13.8 Å². The van der Waals surface area contributed by atoms with Gasteiger partial charge in [-0.2, -0.15) is 4.31 Å². The monoisotopic (exact) mass is 428 g/mol. The number of rotatable bonds is 4. The molecule has 0 unspecified atom stereocenters. The second-order valence-electron chi connectivity index (χ2n) is 6.57. The third-order valence-corrected chi connectivity index (χ3v) is 7.48. The highest BCUT2D eigenvalue weighted by Gasteiger charge is 2.32. The standard InChI is InChI=1S/C19H22Cl2N2O3S/c1-13-4-6-16(14(2)12-13)22-8-10-23(11-9-22)27(24,25)17-7-5-15(20)18(21)19(17)26-3/h4-7,12H,8-11H2,1-3H3. The Bertz CT molecular complexity index is 956. The first-order chi connectivity index (χ1) is 12.8. The Labute approximate surface area is 170 Å². The first-order valence-corrected chi connectivity index (χ1v) is 10.8. The van der Waals surface area contributed by atoms with E-state index in [4.69, 9.17) is 27.9 Å². The summed E-state index contributed by atoms with van der Waals surface area (Å²) in [7, 11) is -2.34. The Kier molecular flexibility index (Phi) is 5.91. The van der Waals surface area contributed by atoms with Gasteiger partial charge >= 0.3 is 0 Å². The molecule has 0 aromatic heterocycles. The van der Waals surface area contributed by atoms with Gasteiger partial charge in [0.15, 0.2) is 5.75 Å². The third kappa shape index (κ3) is 3.90. The summed E-state index contributed by atoms with van der Waals surface area (Å²) in [5, 5.41) is 0.362. The quantitative estimate of drug-likeness (QED) is 0.734. The molecule has 0 amide bonds. The first kappa shape index (κ1) is 20.3. The number of sulfonamides is 1. The largest absolute Gasteiger partial charge is 0.494 e. The minimum atomic E-state index is -3.73. The minimum absolute atomic E-state index is 0.0411. The zero-order valence-electron chi connectivity index (χ0n) is 15.5. The molecule has 5 nitrogen and oxygen atoms in total. The van der Waals surface area contributed by atoms with E-state index in [0.29, 0.717) is 26.2 Å². The molecule has 0 atom stereocenters. The Hall–Kier alpha value is -1.47. The van der Waals surface area contributed by atoms with Gasteiger partial charge in [0.05, 0.1) is 12.1 Å². The Balaban J connectivity index is 1.82. The van der Waals surface area contributed by atoms with E-state index in [1.54, 1.807) is 0 Å². The van der Waals surface area contributed by atoms with Gasteiger partial charge in [-0.15, -0.1) is 0 Å². The number of piperazine rings is 1. The zero-order chi connectivity index (χ0) is 19.8. The van der Waals surface area contributed by atoms with Gasteiger partial charge in [-0.25, -0.2) is 8.42 Å². The van der Waals surface area contributed by atoms with Crippen molar-refractivity contribution in [3.8, 4) is 5.75 Å². The predicted octanol–water partition coefficient (Wildman–Crippen LogP) is 4.13. The molecule has 146 valence electrons. The average molecular weight is 429 g/mol. The Morgan fingerprint density at radius 3 is 2.26 bits per heavy atom. The molecule has 8 heteroatoms. The van der Waals surface area contributed by atoms with E-state index in [1.165, 1.54) is 34.7 Å². The molecule has 1 aliphatic heterocycles. The summed E-state index contributed by atoms with van der Waals surface area (Å²) < 4.78 is 32.9. The molecule has 1 saturated heterocycles. The Morgan fingerprint density at radius 2 is 1.67 bits per heavy atom. The normalized spacial score (nSPS) is 15.8. The molecule has 1 heterocycles. The van der Waals surface area contributed by atoms with Gasteiger partial charge in [-0.3, -0.25) is 0 Å². The Morgan fingerprint density at radius 1 is 1.00 bits per heavy atom. The van der Waals surface area contributed by atoms with E-state index >= 15 is 0 Å². The minimum Gasteiger partial charge on any atom is -0.494 e. The van der Waals surface area contributed by atoms with Gasteiger partial charge in [0.1, 0.15) is 9.92 Å². The number of aryl methyl sites for hydroxylation is 2. The van der Waals surface area contributed by atoms with Crippen LogP contribution in [0.4, 0.5) is 5.69 Å². The van der Waals surface area contributed by atoms with E-state index < -0.39 is 10.0 Å². The molecule has 1 aliphatic rings. The fourth-order valence-electron chi connectivity index (χ4n) is 3.38. The number of methoxy groups -OCH3 is 1. The molecule has 3 rings (SSSR count). The molecular weight excluding hydrogens is 407 g/mol. The maximum Gasteiger partial charge on any atom is 0.246 e. The van der Waals surface area contributed by atoms with Gasteiger partial charge in [0.2, 0.25) is 10.0 Å². The molecule has 0 radical (unpaired) electrons. The van der Waals surface area contributed by atoms with Crippen LogP contribution >= 0.6 is 23.2 Å². The first-order valence-electron chi connectivity index (χ1n) is 8.60. The summed E-state index contributed by atoms with van der Waals surface area (Å²) in [6.07, 6.45) is 0. The van der Waals surface area contributed by atoms with E-state index in [0.717, 1.165) is 5.69 Å². The topological polar surface area (TPSA) is 49.9 Å². The maximum atomic E-state index is 13.1. The fraction of sp³-hybridized carbons (Fsp3) is 0.368. The van der Waals surface area contributed by atoms with Gasteiger partial charge < -0.3 is 9.64 Å². The van der Waals surface area contributed by atoms with E-state index in [-0.39, 0.29) is 20.7 Å². The van der Waals surface area contributed by atoms with Crippen LogP contribution in [-0.2, 0) is 10.0 Å². The predicted molar refractivity (Wildman–Crippen MR) is 110 cm³/mol. The number of ether oxygens (including phenoxy) is 1. The number of hydrogen-bond donors (Lipinski definition) is 0. The fourth-order valence-corrected chi connectivity index (χ4v) is 5.40. The van der Waals surface area contributed by atoms with Crippen LogP contribution in [0.15, 0.2) is 35.2 Å². The molecule has 2 aromatic rings. The summed E-state index contributed by atoms with van der Waals surface area (Å²) in [4.78, 5) is 2.26. The molecule has 0 saturated carbocycles. The highest BCUT2D eigenvalue weighted by atomic mass is 35.5. The summed E-state index contributed by atoms with van der Waals surface area (Å²) in [5.74, 6) is 0.0842. The summed E-state index contributed by atoms with van der Waals surface area (Å²) in [5.41, 5.74) is 3.55. The highest BCUT2D eigenvalue weighted by Crippen LogP contribution is 2.38. The van der Waals surface area contributed by atoms with Crippen molar-refractivity contribution in [3.05, 3.63) is 51.5 Å². The molecule has 0 bridgehead atoms. The summed E-state index contributed by atoms with van der Waals surface area (Å²) in [6, 6.07) is 9.23. The van der Waals surface area contributed by atoms with Crippen LogP contribution in [0.1, 0.15) is 11.1 Å². The molecule has 2 aromatic carbocycles. The van der Waals surface area contributed by atoms with Gasteiger partial charge in [0, 0.05) is 31.9 Å². The van der Waals surface area contributed by atoms with Crippen LogP contribution in [0.25, 0.3) is 0 Å². The van der Waals surface area contributed by atoms with Crippen molar-refractivity contribution in [2.75, 3.05) is 38.2 Å². The van der Waals surface area contributed by atoms with E-state index in [1.807, 2.05) is 0 Å². The van der Waals surface area contributed by atoms with Crippen LogP contribution in [0.2, 0.25) is 10.0 Å². The molecule has 0 spiro atoms. The zero-order valence-corrected chi connectivity index (χ0v) is 17.8. The maximum absolute atomic E-state index is 13.1. The lowest BCUT2D eigenvalue weighted by Crippen LogP contribution is -2.48. The molecule has 0 aliphatic carbocycles. The SMILES string of the molecule is COc1c(S(=O)(=O)N2CCN(c3ccc(C)cc3C)CC2)ccc(Cl)c1Cl. The van der Waals surface area contributed by atoms with Crippen molar-refractivity contribution in [2.24, 2.45) is 0 Å². The summed E-state index contributed by atoms with van der Waals surface area (Å²) in [6.45, 7) is 6.15. The van der Waals surface area contributed by atoms with Crippen LogP contribution in [0.5, 0.6) is 5.75 Å². The smallest absolute Gasteiger partial charge is 0.246 e. The van der Waals surface area contributed by atoms with Crippen LogP contribution < -0.4 is 9.64 Å². The van der Waals surface area contributed by atoms with Crippen molar-refractivity contribution in [1.29, 1.82) is 0 Å². The second-order valence-corrected chi connectivity index (χ2v) is 9.27. The van der Waals surface area contributed by atoms with Crippen molar-refractivity contribution in [1.82, 2.24) is 4.31 Å². The van der Waals surface area contributed by atoms with Crippen molar-refractivity contribution in [3.63, 3.8) is 0 Å². The third-order valence-electron chi connectivity index (χ3n) is 4.77. The number of anilines is 1. The van der Waals surface area contributed by atoms with Crippen molar-refractivity contribution < 1.29 is 13.2 Å². The molecule has 1 fully saturated rings. The van der Waals surface area contributed by atoms with Crippen LogP contribution in [-0.4, -0.2) is 46.0 Å². The number of halogens is 2. The lowest BCUT2D eigenvalue weighted by atomic mass is 10.1. The van der Waals surface area contributed by atoms with Gasteiger partial charge in [-0.1, -0.05) is 40.9 Å². The number of nitrogens with zero attached hydrogens (tertiary/aromatic N) is 2. The van der Waals surface area contributed by atoms with E-state index in [9.17, 15) is 8.42 Å². The number of hydrogen-bond acceptors (Lipinski definition) is 4. The second kappa shape index (κ2) is 7.87. The van der Waals surface area contributed by atoms with Crippen molar-refractivity contribution in [2.45, 2.75) is 18.7 Å². The molecular formula is C19H22Cl2N2O3S. The number of benzene rings is 2. The van der Waals surface area contributed by atoms with Gasteiger partial charge in [0.25, 0.3) is 0 Å². The van der Waals surface area contributed by atoms with Gasteiger partial charge in [-0.05, 0) is 37.6 Å². The average Bonchev–Trinajstić information content (AvgIpc) is 2.64. The van der Waals surface area contributed by atoms with Crippen LogP contribution in [0.3, 0.4) is 0 Å². The molecule has 0 N–H and O–H groups in total.